The maximum Gasteiger partial charge on any atom is 0.308 e. The Hall–Kier alpha value is -1.06. The van der Waals surface area contributed by atoms with Gasteiger partial charge in [0.2, 0.25) is 5.91 Å². The number of primary amides is 1. The largest absolute Gasteiger partial charge is 0.469 e. The summed E-state index contributed by atoms with van der Waals surface area (Å²) >= 11 is 0. The Morgan fingerprint density at radius 3 is 2.40 bits per heavy atom. The lowest BCUT2D eigenvalue weighted by Gasteiger charge is -2.04. The minimum Gasteiger partial charge on any atom is -0.469 e. The molecule has 10 heavy (non-hydrogen) atoms. The van der Waals surface area contributed by atoms with E-state index >= 15 is 0 Å². The summed E-state index contributed by atoms with van der Waals surface area (Å²) < 4.78 is 4.37. The fourth-order valence-electron chi connectivity index (χ4n) is 0.586. The summed E-state index contributed by atoms with van der Waals surface area (Å²) in [5.74, 6) is -1.32. The Morgan fingerprint density at radius 2 is 2.10 bits per heavy atom. The van der Waals surface area contributed by atoms with Gasteiger partial charge in [-0.1, -0.05) is 6.92 Å². The second kappa shape index (κ2) is 3.87. The van der Waals surface area contributed by atoms with Crippen LogP contribution in [-0.4, -0.2) is 19.0 Å². The van der Waals surface area contributed by atoms with Crippen molar-refractivity contribution in [1.82, 2.24) is 0 Å². The second-order valence-electron chi connectivity index (χ2n) is 2.09. The van der Waals surface area contributed by atoms with Crippen molar-refractivity contribution < 1.29 is 14.3 Å². The first-order valence-electron chi connectivity index (χ1n) is 2.94. The van der Waals surface area contributed by atoms with Crippen LogP contribution in [0.1, 0.15) is 13.3 Å². The van der Waals surface area contributed by atoms with Gasteiger partial charge < -0.3 is 10.5 Å². The smallest absolute Gasteiger partial charge is 0.308 e. The number of amides is 1. The number of ether oxygens (including phenoxy) is 1. The van der Waals surface area contributed by atoms with E-state index in [1.165, 1.54) is 7.11 Å². The number of rotatable bonds is 3. The Morgan fingerprint density at radius 1 is 1.60 bits per heavy atom. The minimum atomic E-state index is -0.488. The molecule has 0 fully saturated rings. The van der Waals surface area contributed by atoms with E-state index in [0.29, 0.717) is 0 Å². The highest BCUT2D eigenvalue weighted by atomic mass is 16.5. The number of hydrogen-bond acceptors (Lipinski definition) is 3. The van der Waals surface area contributed by atoms with Crippen LogP contribution in [0.4, 0.5) is 0 Å². The van der Waals surface area contributed by atoms with Gasteiger partial charge in [-0.15, -0.1) is 0 Å². The predicted octanol–water partition coefficient (Wildman–Crippen LogP) is -0.329. The molecule has 0 unspecified atom stereocenters. The molecule has 0 aromatic rings. The molecule has 0 rings (SSSR count). The molecule has 58 valence electrons. The van der Waals surface area contributed by atoms with Crippen molar-refractivity contribution in [3.8, 4) is 0 Å². The molecule has 0 aliphatic heterocycles. The Balaban J connectivity index is 3.72. The molecule has 0 radical (unpaired) electrons. The molecule has 4 nitrogen and oxygen atoms in total. The number of carbonyl (C=O) groups excluding carboxylic acids is 2. The molecule has 1 atom stereocenters. The van der Waals surface area contributed by atoms with Crippen molar-refractivity contribution in [2.75, 3.05) is 7.11 Å². The Bertz CT molecular complexity index is 144. The van der Waals surface area contributed by atoms with Gasteiger partial charge in [-0.3, -0.25) is 9.59 Å². The van der Waals surface area contributed by atoms with Crippen LogP contribution in [0.3, 0.4) is 0 Å². The van der Waals surface area contributed by atoms with Gasteiger partial charge >= 0.3 is 5.97 Å². The van der Waals surface area contributed by atoms with Gasteiger partial charge in [-0.2, -0.15) is 0 Å². The SMILES string of the molecule is COC(=O)[C@@H](C)CC(N)=O. The number of carbonyl (C=O) groups is 2. The molecule has 0 aromatic heterocycles. The van der Waals surface area contributed by atoms with E-state index in [1.807, 2.05) is 0 Å². The summed E-state index contributed by atoms with van der Waals surface area (Å²) in [5.41, 5.74) is 4.84. The van der Waals surface area contributed by atoms with Crippen molar-refractivity contribution in [2.45, 2.75) is 13.3 Å². The minimum absolute atomic E-state index is 0.0483. The van der Waals surface area contributed by atoms with Crippen LogP contribution < -0.4 is 5.73 Å². The lowest BCUT2D eigenvalue weighted by atomic mass is 10.1. The summed E-state index contributed by atoms with van der Waals surface area (Å²) in [4.78, 5) is 20.9. The summed E-state index contributed by atoms with van der Waals surface area (Å²) in [7, 11) is 1.28. The van der Waals surface area contributed by atoms with Crippen LogP contribution in [0.2, 0.25) is 0 Å². The predicted molar refractivity (Wildman–Crippen MR) is 35.0 cm³/mol. The lowest BCUT2D eigenvalue weighted by Crippen LogP contribution is -2.21. The highest BCUT2D eigenvalue weighted by Crippen LogP contribution is 2.01. The summed E-state index contributed by atoms with van der Waals surface area (Å²) in [6, 6.07) is 0. The van der Waals surface area contributed by atoms with Crippen molar-refractivity contribution in [3.05, 3.63) is 0 Å². The first kappa shape index (κ1) is 8.94. The van der Waals surface area contributed by atoms with E-state index in [9.17, 15) is 9.59 Å². The van der Waals surface area contributed by atoms with Crippen LogP contribution in [0, 0.1) is 5.92 Å². The van der Waals surface area contributed by atoms with E-state index in [1.54, 1.807) is 6.92 Å². The maximum absolute atomic E-state index is 10.6. The van der Waals surface area contributed by atoms with Gasteiger partial charge in [0.25, 0.3) is 0 Å². The molecule has 0 bridgehead atoms. The molecular weight excluding hydrogens is 134 g/mol. The lowest BCUT2D eigenvalue weighted by molar-refractivity contribution is -0.146. The normalized spacial score (nSPS) is 12.2. The highest BCUT2D eigenvalue weighted by Gasteiger charge is 2.14. The quantitative estimate of drug-likeness (QED) is 0.553. The Labute approximate surface area is 59.3 Å². The van der Waals surface area contributed by atoms with Crippen LogP contribution in [0.25, 0.3) is 0 Å². The first-order valence-corrected chi connectivity index (χ1v) is 2.94. The van der Waals surface area contributed by atoms with Crippen LogP contribution in [-0.2, 0) is 14.3 Å². The fraction of sp³-hybridized carbons (Fsp3) is 0.667. The molecule has 0 spiro atoms. The van der Waals surface area contributed by atoms with E-state index in [0.717, 1.165) is 0 Å². The molecule has 1 amide bonds. The van der Waals surface area contributed by atoms with Gasteiger partial charge in [0.05, 0.1) is 13.0 Å². The van der Waals surface area contributed by atoms with Gasteiger partial charge in [0, 0.05) is 6.42 Å². The van der Waals surface area contributed by atoms with Crippen molar-refractivity contribution in [2.24, 2.45) is 11.7 Å². The molecule has 2 N–H and O–H groups in total. The number of methoxy groups -OCH3 is 1. The second-order valence-corrected chi connectivity index (χ2v) is 2.09. The Kier molecular flexibility index (Phi) is 3.46. The van der Waals surface area contributed by atoms with Crippen LogP contribution >= 0.6 is 0 Å². The van der Waals surface area contributed by atoms with E-state index < -0.39 is 17.8 Å². The molecule has 0 heterocycles. The summed E-state index contributed by atoms with van der Waals surface area (Å²) in [6.45, 7) is 1.59. The monoisotopic (exact) mass is 145 g/mol. The topological polar surface area (TPSA) is 69.4 Å². The molecule has 0 saturated heterocycles. The van der Waals surface area contributed by atoms with Gasteiger partial charge in [0.15, 0.2) is 0 Å². The average molecular weight is 145 g/mol. The molecule has 0 aliphatic carbocycles. The molecular formula is C6H11NO3. The molecule has 0 aliphatic rings. The summed E-state index contributed by atoms with van der Waals surface area (Å²) in [5, 5.41) is 0. The molecule has 4 heteroatoms. The average Bonchev–Trinajstić information content (AvgIpc) is 1.85. The van der Waals surface area contributed by atoms with Crippen LogP contribution in [0.5, 0.6) is 0 Å². The first-order chi connectivity index (χ1) is 4.57. The summed E-state index contributed by atoms with van der Waals surface area (Å²) in [6.07, 6.45) is 0.0483. The highest BCUT2D eigenvalue weighted by molar-refractivity contribution is 5.81. The fourth-order valence-corrected chi connectivity index (χ4v) is 0.586. The third-order valence-electron chi connectivity index (χ3n) is 1.11. The number of hydrogen-bond donors (Lipinski definition) is 1. The van der Waals surface area contributed by atoms with E-state index in [-0.39, 0.29) is 6.42 Å². The zero-order valence-electron chi connectivity index (χ0n) is 6.09. The van der Waals surface area contributed by atoms with E-state index in [2.05, 4.69) is 4.74 Å². The van der Waals surface area contributed by atoms with Gasteiger partial charge in [0.1, 0.15) is 0 Å². The maximum atomic E-state index is 10.6. The van der Waals surface area contributed by atoms with Gasteiger partial charge in [-0.05, 0) is 0 Å². The molecule has 0 saturated carbocycles. The number of nitrogens with two attached hydrogens (primary N) is 1. The van der Waals surface area contributed by atoms with Crippen LogP contribution in [0.15, 0.2) is 0 Å². The third kappa shape index (κ3) is 3.06. The zero-order valence-corrected chi connectivity index (χ0v) is 6.09. The zero-order chi connectivity index (χ0) is 8.15. The van der Waals surface area contributed by atoms with Crippen molar-refractivity contribution in [1.29, 1.82) is 0 Å². The third-order valence-corrected chi connectivity index (χ3v) is 1.11. The molecule has 0 aromatic carbocycles. The van der Waals surface area contributed by atoms with Crippen molar-refractivity contribution >= 4 is 11.9 Å². The standard InChI is InChI=1S/C6H11NO3/c1-4(3-5(7)8)6(9)10-2/h4H,3H2,1-2H3,(H2,7,8)/t4-/m0/s1. The van der Waals surface area contributed by atoms with E-state index in [4.69, 9.17) is 5.73 Å². The van der Waals surface area contributed by atoms with Gasteiger partial charge in [-0.25, -0.2) is 0 Å². The van der Waals surface area contributed by atoms with Crippen molar-refractivity contribution in [3.63, 3.8) is 0 Å². The number of esters is 1.